The number of likely N-dealkylation sites (N-methyl/N-ethyl adjacent to an activating group) is 1. The molecule has 2 heterocycles. The second-order valence-corrected chi connectivity index (χ2v) is 11.9. The molecule has 2 N–H and O–H groups in total. The van der Waals surface area contributed by atoms with Crippen molar-refractivity contribution in [3.05, 3.63) is 65.6 Å². The van der Waals surface area contributed by atoms with E-state index in [1.165, 1.54) is 10.4 Å². The Labute approximate surface area is 229 Å². The van der Waals surface area contributed by atoms with E-state index in [4.69, 9.17) is 0 Å². The summed E-state index contributed by atoms with van der Waals surface area (Å²) in [5.74, 6) is 0.565. The van der Waals surface area contributed by atoms with Crippen LogP contribution in [0.15, 0.2) is 48.5 Å². The first-order chi connectivity index (χ1) is 18.8. The van der Waals surface area contributed by atoms with Crippen LogP contribution in [-0.2, 0) is 16.4 Å². The maximum Gasteiger partial charge on any atom is 0.234 e. The van der Waals surface area contributed by atoms with Gasteiger partial charge in [-0.05, 0) is 43.8 Å². The van der Waals surface area contributed by atoms with Gasteiger partial charge in [0.25, 0.3) is 0 Å². The van der Waals surface area contributed by atoms with E-state index in [9.17, 15) is 8.42 Å². The maximum atomic E-state index is 15.1. The fourth-order valence-electron chi connectivity index (χ4n) is 4.89. The van der Waals surface area contributed by atoms with Crippen molar-refractivity contribution in [3.8, 4) is 0 Å². The summed E-state index contributed by atoms with van der Waals surface area (Å²) in [5.41, 5.74) is 3.93. The molecule has 3 aromatic rings. The molecule has 1 saturated heterocycles. The molecule has 0 saturated carbocycles. The predicted octanol–water partition coefficient (Wildman–Crippen LogP) is 4.60. The van der Waals surface area contributed by atoms with E-state index in [0.717, 1.165) is 44.0 Å². The van der Waals surface area contributed by atoms with Crippen LogP contribution in [0.3, 0.4) is 0 Å². The fraction of sp³-hybridized carbons (Fsp3) is 0.357. The van der Waals surface area contributed by atoms with Crippen LogP contribution in [0.5, 0.6) is 0 Å². The van der Waals surface area contributed by atoms with Gasteiger partial charge in [-0.25, -0.2) is 17.8 Å². The molecule has 9 nitrogen and oxygen atoms in total. The standard InChI is InChI=1S/C28H34FN7O2S/c1-4-35-15-17-36(18-16-35)25-14-13-20(19-22(25)29)30-28-32-23-11-8-9-21(23)27(33-28)31-24-10-6-7-12-26(24)34(3)39(37,38)5-2/h6-10,12-14,19H,4-5,11,15-18H2,1-3H3,(H2,30,31,32,33). The highest BCUT2D eigenvalue weighted by Crippen LogP contribution is 2.34. The first kappa shape index (κ1) is 26.9. The number of nitrogens with one attached hydrogen (secondary N) is 2. The Morgan fingerprint density at radius 2 is 1.79 bits per heavy atom. The summed E-state index contributed by atoms with van der Waals surface area (Å²) in [6.07, 6.45) is 4.59. The van der Waals surface area contributed by atoms with Gasteiger partial charge in [0.15, 0.2) is 0 Å². The van der Waals surface area contributed by atoms with Gasteiger partial charge in [0.1, 0.15) is 11.6 Å². The minimum Gasteiger partial charge on any atom is -0.367 e. The smallest absolute Gasteiger partial charge is 0.234 e. The topological polar surface area (TPSA) is 93.7 Å². The van der Waals surface area contributed by atoms with Gasteiger partial charge in [-0.15, -0.1) is 0 Å². The number of piperazine rings is 1. The van der Waals surface area contributed by atoms with Gasteiger partial charge in [-0.3, -0.25) is 4.31 Å². The van der Waals surface area contributed by atoms with Crippen LogP contribution in [0.1, 0.15) is 25.1 Å². The maximum absolute atomic E-state index is 15.1. The van der Waals surface area contributed by atoms with Crippen LogP contribution < -0.4 is 19.8 Å². The van der Waals surface area contributed by atoms with Crippen molar-refractivity contribution < 1.29 is 12.8 Å². The molecule has 39 heavy (non-hydrogen) atoms. The van der Waals surface area contributed by atoms with E-state index < -0.39 is 10.0 Å². The van der Waals surface area contributed by atoms with Gasteiger partial charge in [-0.2, -0.15) is 4.98 Å². The summed E-state index contributed by atoms with van der Waals surface area (Å²) >= 11 is 0. The van der Waals surface area contributed by atoms with E-state index in [0.29, 0.717) is 40.9 Å². The second kappa shape index (κ2) is 11.2. The molecule has 1 aromatic heterocycles. The quantitative estimate of drug-likeness (QED) is 0.399. The SMILES string of the molecule is CCN1CCN(c2ccc(Nc3nc4c(c(Nc5ccccc5N(C)S(=O)(=O)CC)n3)C=CC4)cc2F)CC1. The molecule has 2 aromatic carbocycles. The van der Waals surface area contributed by atoms with Crippen molar-refractivity contribution in [2.24, 2.45) is 0 Å². The molecule has 1 aliphatic heterocycles. The van der Waals surface area contributed by atoms with Gasteiger partial charge in [0, 0.05) is 50.9 Å². The number of hydrogen-bond acceptors (Lipinski definition) is 8. The van der Waals surface area contributed by atoms with Crippen molar-refractivity contribution in [2.75, 3.05) is 65.4 Å². The van der Waals surface area contributed by atoms with Crippen molar-refractivity contribution >= 4 is 50.6 Å². The number of hydrogen-bond donors (Lipinski definition) is 2. The number of para-hydroxylation sites is 2. The third kappa shape index (κ3) is 5.69. The Balaban J connectivity index is 1.39. The lowest BCUT2D eigenvalue weighted by molar-refractivity contribution is 0.270. The van der Waals surface area contributed by atoms with Gasteiger partial charge in [0.05, 0.1) is 28.5 Å². The minimum atomic E-state index is -3.45. The average molecular weight is 552 g/mol. The Morgan fingerprint density at radius 1 is 1.03 bits per heavy atom. The first-order valence-corrected chi connectivity index (χ1v) is 14.8. The van der Waals surface area contributed by atoms with Crippen LogP contribution in [-0.4, -0.2) is 68.8 Å². The van der Waals surface area contributed by atoms with Crippen molar-refractivity contribution in [1.29, 1.82) is 0 Å². The summed E-state index contributed by atoms with van der Waals surface area (Å²) in [6, 6.07) is 12.3. The Kier molecular flexibility index (Phi) is 7.72. The molecule has 1 fully saturated rings. The van der Waals surface area contributed by atoms with Crippen molar-refractivity contribution in [1.82, 2.24) is 14.9 Å². The summed E-state index contributed by atoms with van der Waals surface area (Å²) in [7, 11) is -1.91. The Morgan fingerprint density at radius 3 is 2.51 bits per heavy atom. The van der Waals surface area contributed by atoms with Gasteiger partial charge >= 0.3 is 0 Å². The Bertz CT molecular complexity index is 1490. The summed E-state index contributed by atoms with van der Waals surface area (Å²) < 4.78 is 41.5. The lowest BCUT2D eigenvalue weighted by Crippen LogP contribution is -2.46. The third-order valence-electron chi connectivity index (χ3n) is 7.26. The van der Waals surface area contributed by atoms with Crippen LogP contribution in [0, 0.1) is 5.82 Å². The molecule has 0 atom stereocenters. The molecule has 0 spiro atoms. The van der Waals surface area contributed by atoms with Gasteiger partial charge in [-0.1, -0.05) is 31.2 Å². The molecule has 0 radical (unpaired) electrons. The Hall–Kier alpha value is -3.70. The highest BCUT2D eigenvalue weighted by atomic mass is 32.2. The second-order valence-electron chi connectivity index (χ2n) is 9.59. The lowest BCUT2D eigenvalue weighted by atomic mass is 10.2. The van der Waals surface area contributed by atoms with Crippen molar-refractivity contribution in [3.63, 3.8) is 0 Å². The average Bonchev–Trinajstić information content (AvgIpc) is 3.42. The number of nitrogens with zero attached hydrogens (tertiary/aromatic N) is 5. The van der Waals surface area contributed by atoms with Crippen LogP contribution in [0.25, 0.3) is 6.08 Å². The normalized spacial score (nSPS) is 15.3. The molecule has 1 aliphatic carbocycles. The zero-order valence-corrected chi connectivity index (χ0v) is 23.3. The molecule has 0 unspecified atom stereocenters. The lowest BCUT2D eigenvalue weighted by Gasteiger charge is -2.35. The van der Waals surface area contributed by atoms with E-state index in [2.05, 4.69) is 37.3 Å². The minimum absolute atomic E-state index is 0.0121. The van der Waals surface area contributed by atoms with Gasteiger partial charge < -0.3 is 20.4 Å². The number of fused-ring (bicyclic) bond motifs is 1. The highest BCUT2D eigenvalue weighted by Gasteiger charge is 2.22. The zero-order valence-electron chi connectivity index (χ0n) is 22.5. The summed E-state index contributed by atoms with van der Waals surface area (Å²) in [5, 5.41) is 6.47. The van der Waals surface area contributed by atoms with E-state index in [-0.39, 0.29) is 11.6 Å². The number of benzene rings is 2. The fourth-order valence-corrected chi connectivity index (χ4v) is 5.73. The van der Waals surface area contributed by atoms with Crippen LogP contribution >= 0.6 is 0 Å². The van der Waals surface area contributed by atoms with Crippen LogP contribution in [0.4, 0.5) is 38.9 Å². The number of rotatable bonds is 9. The highest BCUT2D eigenvalue weighted by molar-refractivity contribution is 7.92. The number of halogens is 1. The zero-order chi connectivity index (χ0) is 27.6. The summed E-state index contributed by atoms with van der Waals surface area (Å²) in [4.78, 5) is 13.8. The largest absolute Gasteiger partial charge is 0.367 e. The number of aromatic nitrogens is 2. The molecule has 206 valence electrons. The van der Waals surface area contributed by atoms with Crippen LogP contribution in [0.2, 0.25) is 0 Å². The monoisotopic (exact) mass is 551 g/mol. The molecule has 0 amide bonds. The third-order valence-corrected chi connectivity index (χ3v) is 9.02. The van der Waals surface area contributed by atoms with Gasteiger partial charge in [0.2, 0.25) is 16.0 Å². The van der Waals surface area contributed by atoms with Crippen molar-refractivity contribution in [2.45, 2.75) is 20.3 Å². The molecule has 11 heteroatoms. The predicted molar refractivity (Wildman–Crippen MR) is 156 cm³/mol. The van der Waals surface area contributed by atoms with E-state index in [1.54, 1.807) is 32.2 Å². The molecule has 0 bridgehead atoms. The molecule has 2 aliphatic rings. The molecular formula is C28H34FN7O2S. The van der Waals surface area contributed by atoms with E-state index >= 15 is 4.39 Å². The number of sulfonamides is 1. The summed E-state index contributed by atoms with van der Waals surface area (Å²) in [6.45, 7) is 8.20. The first-order valence-electron chi connectivity index (χ1n) is 13.2. The molecule has 5 rings (SSSR count). The number of allylic oxidation sites excluding steroid dienone is 1. The van der Waals surface area contributed by atoms with E-state index in [1.807, 2.05) is 30.4 Å². The number of anilines is 6. The molecular weight excluding hydrogens is 517 g/mol.